The second-order valence-electron chi connectivity index (χ2n) is 6.55. The number of nitrogens with one attached hydrogen (secondary N) is 1. The molecule has 0 aliphatic carbocycles. The molecule has 1 rings (SSSR count). The van der Waals surface area contributed by atoms with Crippen LogP contribution in [0.5, 0.6) is 11.5 Å². The maximum Gasteiger partial charge on any atom is 0.407 e. The maximum atomic E-state index is 11.7. The highest BCUT2D eigenvalue weighted by Crippen LogP contribution is 2.35. The zero-order valence-corrected chi connectivity index (χ0v) is 15.8. The van der Waals surface area contributed by atoms with Crippen LogP contribution in [-0.4, -0.2) is 35.1 Å². The number of nitrogens with zero attached hydrogens (tertiary/aromatic N) is 1. The Kier molecular flexibility index (Phi) is 7.26. The third kappa shape index (κ3) is 7.72. The van der Waals surface area contributed by atoms with Gasteiger partial charge in [-0.3, -0.25) is 19.7 Å². The summed E-state index contributed by atoms with van der Waals surface area (Å²) >= 11 is 0. The van der Waals surface area contributed by atoms with Crippen LogP contribution in [-0.2, 0) is 20.7 Å². The molecule has 0 aliphatic heterocycles. The van der Waals surface area contributed by atoms with Crippen molar-refractivity contribution in [1.82, 2.24) is 5.32 Å². The molecule has 0 aromatic heterocycles. The Bertz CT molecular complexity index is 752. The maximum absolute atomic E-state index is 11.7. The number of benzene rings is 1. The van der Waals surface area contributed by atoms with E-state index in [0.29, 0.717) is 0 Å². The number of esters is 2. The van der Waals surface area contributed by atoms with Gasteiger partial charge in [0.15, 0.2) is 11.5 Å². The Hall–Kier alpha value is -3.17. The summed E-state index contributed by atoms with van der Waals surface area (Å²) in [7, 11) is 0. The SMILES string of the molecule is CC(=O)Oc1cc(CCNC(=O)OC(C)(C)C)c([N+](=O)[O-])cc1OC(C)=O. The number of amides is 1. The van der Waals surface area contributed by atoms with Crippen molar-refractivity contribution < 1.29 is 33.5 Å². The fourth-order valence-electron chi connectivity index (χ4n) is 2.04. The predicted molar refractivity (Wildman–Crippen MR) is 93.7 cm³/mol. The van der Waals surface area contributed by atoms with Gasteiger partial charge in [-0.05, 0) is 33.3 Å². The average Bonchev–Trinajstić information content (AvgIpc) is 2.46. The minimum Gasteiger partial charge on any atom is -0.444 e. The van der Waals surface area contributed by atoms with E-state index in [1.54, 1.807) is 20.8 Å². The van der Waals surface area contributed by atoms with Gasteiger partial charge in [0.25, 0.3) is 5.69 Å². The van der Waals surface area contributed by atoms with Crippen molar-refractivity contribution in [3.8, 4) is 11.5 Å². The minimum absolute atomic E-state index is 0.0438. The van der Waals surface area contributed by atoms with E-state index in [2.05, 4.69) is 5.32 Å². The van der Waals surface area contributed by atoms with E-state index < -0.39 is 28.6 Å². The summed E-state index contributed by atoms with van der Waals surface area (Å²) in [6.45, 7) is 7.41. The summed E-state index contributed by atoms with van der Waals surface area (Å²) in [6, 6.07) is 2.23. The molecule has 0 bridgehead atoms. The monoisotopic (exact) mass is 382 g/mol. The first kappa shape index (κ1) is 21.9. The van der Waals surface area contributed by atoms with E-state index >= 15 is 0 Å². The summed E-state index contributed by atoms with van der Waals surface area (Å²) in [4.78, 5) is 44.8. The lowest BCUT2D eigenvalue weighted by molar-refractivity contribution is -0.385. The predicted octanol–water partition coefficient (Wildman–Crippen LogP) is 2.51. The Morgan fingerprint density at radius 1 is 1.07 bits per heavy atom. The highest BCUT2D eigenvalue weighted by Gasteiger charge is 2.22. The minimum atomic E-state index is -0.725. The molecule has 1 aromatic carbocycles. The molecule has 0 heterocycles. The van der Waals surface area contributed by atoms with Crippen LogP contribution in [0.1, 0.15) is 40.2 Å². The van der Waals surface area contributed by atoms with E-state index in [9.17, 15) is 24.5 Å². The summed E-state index contributed by atoms with van der Waals surface area (Å²) in [5, 5.41) is 13.8. The third-order valence-corrected chi connectivity index (χ3v) is 2.91. The number of carbonyl (C=O) groups is 3. The highest BCUT2D eigenvalue weighted by atomic mass is 16.6. The van der Waals surface area contributed by atoms with Gasteiger partial charge in [0.05, 0.1) is 11.0 Å². The molecule has 1 N–H and O–H groups in total. The smallest absolute Gasteiger partial charge is 0.407 e. The van der Waals surface area contributed by atoms with E-state index in [-0.39, 0.29) is 35.7 Å². The van der Waals surface area contributed by atoms with Crippen LogP contribution in [0, 0.1) is 10.1 Å². The second kappa shape index (κ2) is 8.97. The molecule has 1 amide bonds. The van der Waals surface area contributed by atoms with Gasteiger partial charge in [-0.25, -0.2) is 4.79 Å². The van der Waals surface area contributed by atoms with Crippen molar-refractivity contribution >= 4 is 23.7 Å². The van der Waals surface area contributed by atoms with Crippen LogP contribution in [0.25, 0.3) is 0 Å². The number of nitro benzene ring substituents is 1. The molecular formula is C17H22N2O8. The van der Waals surface area contributed by atoms with Crippen LogP contribution in [0.3, 0.4) is 0 Å². The number of hydrogen-bond donors (Lipinski definition) is 1. The molecule has 0 aliphatic rings. The van der Waals surface area contributed by atoms with Crippen molar-refractivity contribution in [2.24, 2.45) is 0 Å². The number of hydrogen-bond acceptors (Lipinski definition) is 8. The Morgan fingerprint density at radius 2 is 1.59 bits per heavy atom. The van der Waals surface area contributed by atoms with Gasteiger partial charge in [-0.1, -0.05) is 0 Å². The standard InChI is InChI=1S/C17H22N2O8/c1-10(20)25-14-8-12(6-7-18-16(22)27-17(3,4)5)13(19(23)24)9-15(14)26-11(2)21/h8-9H,6-7H2,1-5H3,(H,18,22). The Morgan fingerprint density at radius 3 is 2.04 bits per heavy atom. The summed E-state index contributed by atoms with van der Waals surface area (Å²) in [5.41, 5.74) is -0.832. The van der Waals surface area contributed by atoms with Crippen LogP contribution in [0.15, 0.2) is 12.1 Å². The van der Waals surface area contributed by atoms with Gasteiger partial charge in [0, 0.05) is 26.0 Å². The van der Waals surface area contributed by atoms with Crippen LogP contribution in [0.4, 0.5) is 10.5 Å². The lowest BCUT2D eigenvalue weighted by Crippen LogP contribution is -2.33. The zero-order valence-electron chi connectivity index (χ0n) is 15.8. The van der Waals surface area contributed by atoms with E-state index in [4.69, 9.17) is 14.2 Å². The molecule has 0 saturated carbocycles. The normalized spacial score (nSPS) is 10.7. The number of nitro groups is 1. The van der Waals surface area contributed by atoms with Crippen molar-refractivity contribution in [1.29, 1.82) is 0 Å². The van der Waals surface area contributed by atoms with E-state index in [0.717, 1.165) is 19.9 Å². The quantitative estimate of drug-likeness (QED) is 0.343. The van der Waals surface area contributed by atoms with Crippen LogP contribution >= 0.6 is 0 Å². The highest BCUT2D eigenvalue weighted by molar-refractivity contribution is 5.75. The summed E-state index contributed by atoms with van der Waals surface area (Å²) in [6.07, 6.45) is -0.605. The first-order chi connectivity index (χ1) is 12.4. The molecule has 10 nitrogen and oxygen atoms in total. The van der Waals surface area contributed by atoms with E-state index in [1.165, 1.54) is 6.07 Å². The molecule has 10 heteroatoms. The van der Waals surface area contributed by atoms with Gasteiger partial charge in [-0.15, -0.1) is 0 Å². The Balaban J connectivity index is 3.06. The zero-order chi connectivity index (χ0) is 20.8. The molecule has 0 atom stereocenters. The number of carbonyl (C=O) groups excluding carboxylic acids is 3. The summed E-state index contributed by atoms with van der Waals surface area (Å²) in [5.74, 6) is -1.78. The van der Waals surface area contributed by atoms with Crippen molar-refractivity contribution in [2.75, 3.05) is 6.54 Å². The van der Waals surface area contributed by atoms with Gasteiger partial charge < -0.3 is 19.5 Å². The molecule has 0 fully saturated rings. The first-order valence-electron chi connectivity index (χ1n) is 8.04. The molecule has 0 unspecified atom stereocenters. The van der Waals surface area contributed by atoms with Gasteiger partial charge >= 0.3 is 18.0 Å². The molecular weight excluding hydrogens is 360 g/mol. The number of rotatable bonds is 6. The molecule has 0 radical (unpaired) electrons. The lowest BCUT2D eigenvalue weighted by Gasteiger charge is -2.19. The summed E-state index contributed by atoms with van der Waals surface area (Å²) < 4.78 is 14.9. The van der Waals surface area contributed by atoms with E-state index in [1.807, 2.05) is 0 Å². The largest absolute Gasteiger partial charge is 0.444 e. The number of alkyl carbamates (subject to hydrolysis) is 1. The number of ether oxygens (including phenoxy) is 3. The van der Waals surface area contributed by atoms with Crippen molar-refractivity contribution in [3.63, 3.8) is 0 Å². The van der Waals surface area contributed by atoms with Crippen molar-refractivity contribution in [3.05, 3.63) is 27.8 Å². The first-order valence-corrected chi connectivity index (χ1v) is 8.04. The lowest BCUT2D eigenvalue weighted by atomic mass is 10.1. The topological polar surface area (TPSA) is 134 Å². The van der Waals surface area contributed by atoms with Crippen molar-refractivity contribution in [2.45, 2.75) is 46.6 Å². The average molecular weight is 382 g/mol. The molecule has 27 heavy (non-hydrogen) atoms. The van der Waals surface area contributed by atoms with Gasteiger partial charge in [0.2, 0.25) is 0 Å². The van der Waals surface area contributed by atoms with Gasteiger partial charge in [0.1, 0.15) is 5.60 Å². The molecule has 0 saturated heterocycles. The molecule has 1 aromatic rings. The molecule has 0 spiro atoms. The fourth-order valence-corrected chi connectivity index (χ4v) is 2.04. The second-order valence-corrected chi connectivity index (χ2v) is 6.55. The third-order valence-electron chi connectivity index (χ3n) is 2.91. The fraction of sp³-hybridized carbons (Fsp3) is 0.471. The Labute approximate surface area is 155 Å². The molecule has 148 valence electrons. The van der Waals surface area contributed by atoms with Crippen LogP contribution in [0.2, 0.25) is 0 Å². The van der Waals surface area contributed by atoms with Crippen LogP contribution < -0.4 is 14.8 Å². The van der Waals surface area contributed by atoms with Gasteiger partial charge in [-0.2, -0.15) is 0 Å².